The van der Waals surface area contributed by atoms with Gasteiger partial charge in [0.1, 0.15) is 11.4 Å². The van der Waals surface area contributed by atoms with Crippen LogP contribution in [0.3, 0.4) is 0 Å². The molecule has 2 amide bonds. The maximum absolute atomic E-state index is 13.5. The van der Waals surface area contributed by atoms with Gasteiger partial charge in [-0.05, 0) is 25.0 Å². The van der Waals surface area contributed by atoms with Crippen LogP contribution in [0.1, 0.15) is 23.2 Å². The predicted octanol–water partition coefficient (Wildman–Crippen LogP) is 2.74. The fourth-order valence-corrected chi connectivity index (χ4v) is 1.80. The molecule has 0 atom stereocenters. The Bertz CT molecular complexity index is 597. The lowest BCUT2D eigenvalue weighted by Crippen LogP contribution is -2.49. The van der Waals surface area contributed by atoms with Gasteiger partial charge in [0.15, 0.2) is 0 Å². The Morgan fingerprint density at radius 1 is 1.24 bits per heavy atom. The standard InChI is InChI=1S/C12H10F4N2O3/c13-7-3-1-2-6(9(19)20)8(7)17-10(21)18-11(4-5-11)12(14,15)16/h1-3H,4-5H2,(H,19,20)(H2,17,18,21). The number of aromatic carboxylic acids is 1. The second-order valence-electron chi connectivity index (χ2n) is 4.63. The number of halogens is 4. The van der Waals surface area contributed by atoms with E-state index in [-0.39, 0.29) is 12.8 Å². The van der Waals surface area contributed by atoms with E-state index in [9.17, 15) is 27.2 Å². The molecule has 5 nitrogen and oxygen atoms in total. The van der Waals surface area contributed by atoms with Crippen LogP contribution in [0.5, 0.6) is 0 Å². The van der Waals surface area contributed by atoms with E-state index in [2.05, 4.69) is 0 Å². The van der Waals surface area contributed by atoms with Gasteiger partial charge in [0.2, 0.25) is 0 Å². The van der Waals surface area contributed by atoms with E-state index >= 15 is 0 Å². The summed E-state index contributed by atoms with van der Waals surface area (Å²) in [5, 5.41) is 12.4. The number of nitrogens with one attached hydrogen (secondary N) is 2. The third kappa shape index (κ3) is 2.91. The number of carboxylic acids is 1. The van der Waals surface area contributed by atoms with Gasteiger partial charge in [-0.15, -0.1) is 0 Å². The van der Waals surface area contributed by atoms with Crippen molar-refractivity contribution in [2.75, 3.05) is 5.32 Å². The van der Waals surface area contributed by atoms with Crippen molar-refractivity contribution in [1.82, 2.24) is 5.32 Å². The average Bonchev–Trinajstić information content (AvgIpc) is 3.11. The molecule has 3 N–H and O–H groups in total. The van der Waals surface area contributed by atoms with Crippen molar-refractivity contribution in [2.45, 2.75) is 24.6 Å². The van der Waals surface area contributed by atoms with E-state index in [1.807, 2.05) is 5.32 Å². The highest BCUT2D eigenvalue weighted by atomic mass is 19.4. The minimum absolute atomic E-state index is 0.271. The summed E-state index contributed by atoms with van der Waals surface area (Å²) >= 11 is 0. The van der Waals surface area contributed by atoms with Gasteiger partial charge in [0, 0.05) is 0 Å². The summed E-state index contributed by atoms with van der Waals surface area (Å²) in [5.74, 6) is -2.57. The monoisotopic (exact) mass is 306 g/mol. The number of amides is 2. The summed E-state index contributed by atoms with van der Waals surface area (Å²) in [6.45, 7) is 0. The summed E-state index contributed by atoms with van der Waals surface area (Å²) in [4.78, 5) is 22.5. The third-order valence-corrected chi connectivity index (χ3v) is 3.13. The quantitative estimate of drug-likeness (QED) is 0.751. The highest BCUT2D eigenvalue weighted by molar-refractivity contribution is 6.00. The molecule has 114 valence electrons. The van der Waals surface area contributed by atoms with Crippen LogP contribution in [0.25, 0.3) is 0 Å². The number of hydrogen-bond acceptors (Lipinski definition) is 2. The highest BCUT2D eigenvalue weighted by Gasteiger charge is 2.64. The molecule has 21 heavy (non-hydrogen) atoms. The van der Waals surface area contributed by atoms with Crippen molar-refractivity contribution in [2.24, 2.45) is 0 Å². The number of alkyl halides is 3. The van der Waals surface area contributed by atoms with Crippen LogP contribution < -0.4 is 10.6 Å². The number of carboxylic acid groups (broad SMARTS) is 1. The lowest BCUT2D eigenvalue weighted by Gasteiger charge is -2.21. The van der Waals surface area contributed by atoms with Crippen molar-refractivity contribution >= 4 is 17.7 Å². The maximum Gasteiger partial charge on any atom is 0.411 e. The molecule has 0 spiro atoms. The van der Waals surface area contributed by atoms with Crippen LogP contribution >= 0.6 is 0 Å². The second-order valence-corrected chi connectivity index (χ2v) is 4.63. The molecular formula is C12H10F4N2O3. The lowest BCUT2D eigenvalue weighted by molar-refractivity contribution is -0.162. The predicted molar refractivity (Wildman–Crippen MR) is 63.5 cm³/mol. The molecule has 1 aromatic carbocycles. The SMILES string of the molecule is O=C(Nc1c(F)cccc1C(=O)O)NC1(C(F)(F)F)CC1. The normalized spacial score (nSPS) is 16.2. The van der Waals surface area contributed by atoms with E-state index in [0.717, 1.165) is 18.2 Å². The van der Waals surface area contributed by atoms with Crippen LogP contribution in [0.2, 0.25) is 0 Å². The molecule has 9 heteroatoms. The first-order valence-electron chi connectivity index (χ1n) is 5.84. The zero-order valence-electron chi connectivity index (χ0n) is 10.4. The van der Waals surface area contributed by atoms with E-state index in [4.69, 9.17) is 5.11 Å². The van der Waals surface area contributed by atoms with Gasteiger partial charge in [0.05, 0.1) is 11.3 Å². The summed E-state index contributed by atoms with van der Waals surface area (Å²) in [6.07, 6.45) is -5.16. The Balaban J connectivity index is 2.16. The zero-order valence-corrected chi connectivity index (χ0v) is 10.4. The summed E-state index contributed by atoms with van der Waals surface area (Å²) in [6, 6.07) is 1.72. The third-order valence-electron chi connectivity index (χ3n) is 3.13. The van der Waals surface area contributed by atoms with Crippen LogP contribution in [-0.4, -0.2) is 28.8 Å². The summed E-state index contributed by atoms with van der Waals surface area (Å²) in [7, 11) is 0. The fraction of sp³-hybridized carbons (Fsp3) is 0.333. The highest BCUT2D eigenvalue weighted by Crippen LogP contribution is 2.48. The molecule has 0 bridgehead atoms. The molecule has 1 aromatic rings. The number of carbonyl (C=O) groups excluding carboxylic acids is 1. The van der Waals surface area contributed by atoms with E-state index < -0.39 is 40.8 Å². The number of rotatable bonds is 3. The summed E-state index contributed by atoms with van der Waals surface area (Å²) in [5.41, 5.74) is -3.55. The van der Waals surface area contributed by atoms with Crippen LogP contribution in [0.15, 0.2) is 18.2 Å². The molecule has 1 fully saturated rings. The minimum atomic E-state index is -4.62. The number of para-hydroxylation sites is 1. The van der Waals surface area contributed by atoms with Crippen molar-refractivity contribution in [3.05, 3.63) is 29.6 Å². The number of hydrogen-bond donors (Lipinski definition) is 3. The van der Waals surface area contributed by atoms with E-state index in [1.165, 1.54) is 0 Å². The minimum Gasteiger partial charge on any atom is -0.478 e. The van der Waals surface area contributed by atoms with Crippen molar-refractivity contribution in [1.29, 1.82) is 0 Å². The Hall–Kier alpha value is -2.32. The average molecular weight is 306 g/mol. The van der Waals surface area contributed by atoms with E-state index in [1.54, 1.807) is 5.32 Å². The molecule has 1 aliphatic rings. The fourth-order valence-electron chi connectivity index (χ4n) is 1.80. The molecule has 0 aliphatic heterocycles. The van der Waals surface area contributed by atoms with Crippen molar-refractivity contribution in [3.8, 4) is 0 Å². The molecule has 0 heterocycles. The topological polar surface area (TPSA) is 78.4 Å². The van der Waals surface area contributed by atoms with Gasteiger partial charge < -0.3 is 15.7 Å². The van der Waals surface area contributed by atoms with Crippen LogP contribution in [-0.2, 0) is 0 Å². The first kappa shape index (κ1) is 15.1. The molecule has 0 aromatic heterocycles. The molecule has 1 saturated carbocycles. The molecule has 0 saturated heterocycles. The van der Waals surface area contributed by atoms with Gasteiger partial charge in [-0.2, -0.15) is 13.2 Å². The molecule has 2 rings (SSSR count). The maximum atomic E-state index is 13.5. The second kappa shape index (κ2) is 4.90. The molecular weight excluding hydrogens is 296 g/mol. The van der Waals surface area contributed by atoms with Crippen LogP contribution in [0, 0.1) is 5.82 Å². The molecule has 0 radical (unpaired) electrons. The smallest absolute Gasteiger partial charge is 0.411 e. The van der Waals surface area contributed by atoms with Crippen molar-refractivity contribution < 1.29 is 32.3 Å². The Kier molecular flexibility index (Phi) is 3.52. The number of benzene rings is 1. The van der Waals surface area contributed by atoms with Gasteiger partial charge in [-0.25, -0.2) is 14.0 Å². The Labute approximate surface area is 115 Å². The first-order chi connectivity index (χ1) is 9.66. The van der Waals surface area contributed by atoms with Gasteiger partial charge >= 0.3 is 18.2 Å². The molecule has 1 aliphatic carbocycles. The zero-order chi connectivity index (χ0) is 15.8. The van der Waals surface area contributed by atoms with Crippen LogP contribution in [0.4, 0.5) is 28.0 Å². The van der Waals surface area contributed by atoms with Gasteiger partial charge in [-0.3, -0.25) is 0 Å². The van der Waals surface area contributed by atoms with Crippen molar-refractivity contribution in [3.63, 3.8) is 0 Å². The number of anilines is 1. The largest absolute Gasteiger partial charge is 0.478 e. The number of carbonyl (C=O) groups is 2. The van der Waals surface area contributed by atoms with E-state index in [0.29, 0.717) is 0 Å². The van der Waals surface area contributed by atoms with Gasteiger partial charge in [0.25, 0.3) is 0 Å². The Morgan fingerprint density at radius 2 is 1.86 bits per heavy atom. The van der Waals surface area contributed by atoms with Gasteiger partial charge in [-0.1, -0.05) is 6.07 Å². The summed E-state index contributed by atoms with van der Waals surface area (Å²) < 4.78 is 51.5. The molecule has 0 unspecified atom stereocenters. The lowest BCUT2D eigenvalue weighted by atomic mass is 10.1. The first-order valence-corrected chi connectivity index (χ1v) is 5.84. The Morgan fingerprint density at radius 3 is 2.33 bits per heavy atom. The number of urea groups is 1.